The molecule has 0 amide bonds. The van der Waals surface area contributed by atoms with Gasteiger partial charge in [0, 0.05) is 0 Å². The first-order chi connectivity index (χ1) is 6.88. The number of hydrogen-bond donors (Lipinski definition) is 2. The van der Waals surface area contributed by atoms with Crippen molar-refractivity contribution in [2.24, 2.45) is 0 Å². The Morgan fingerprint density at radius 2 is 1.60 bits per heavy atom. The first kappa shape index (κ1) is 12.4. The van der Waals surface area contributed by atoms with Crippen LogP contribution in [0.1, 0.15) is 13.8 Å². The Bertz CT molecular complexity index is 329. The van der Waals surface area contributed by atoms with Crippen molar-refractivity contribution < 1.29 is 18.7 Å². The van der Waals surface area contributed by atoms with E-state index < -0.39 is 7.28 Å². The molecule has 0 atom stereocenters. The van der Waals surface area contributed by atoms with Crippen molar-refractivity contribution in [3.05, 3.63) is 30.1 Å². The average molecular weight is 234 g/mol. The summed E-state index contributed by atoms with van der Waals surface area (Å²) in [7, 11) is -4.05. The fourth-order valence-electron chi connectivity index (χ4n) is 1.09. The zero-order valence-corrected chi connectivity index (χ0v) is 9.75. The molecule has 3 nitrogen and oxygen atoms in total. The van der Waals surface area contributed by atoms with Crippen LogP contribution in [0.4, 0.5) is 4.39 Å². The van der Waals surface area contributed by atoms with Crippen molar-refractivity contribution in [1.82, 2.24) is 0 Å². The summed E-state index contributed by atoms with van der Waals surface area (Å²) in [6, 6.07) is 5.21. The molecule has 0 aromatic heterocycles. The SMILES string of the molecule is CCP(O)(O)(CC)Oc1ccc(F)cc1. The number of benzene rings is 1. The molecule has 86 valence electrons. The van der Waals surface area contributed by atoms with E-state index >= 15 is 0 Å². The molecule has 0 saturated heterocycles. The van der Waals surface area contributed by atoms with E-state index in [4.69, 9.17) is 4.52 Å². The average Bonchev–Trinajstić information content (AvgIpc) is 2.22. The molecule has 0 aliphatic carbocycles. The van der Waals surface area contributed by atoms with Crippen LogP contribution in [0.5, 0.6) is 5.75 Å². The predicted molar refractivity (Wildman–Crippen MR) is 59.5 cm³/mol. The second-order valence-electron chi connectivity index (χ2n) is 3.48. The summed E-state index contributed by atoms with van der Waals surface area (Å²) in [4.78, 5) is 20.0. The number of halogens is 1. The Hall–Kier alpha value is -0.700. The standard InChI is InChI=1S/C10H16FO3P/c1-3-15(12,13,4-2)14-10-7-5-9(11)6-8-10/h5-8,12-13H,3-4H2,1-2H3. The third kappa shape index (κ3) is 3.13. The van der Waals surface area contributed by atoms with Crippen molar-refractivity contribution in [3.63, 3.8) is 0 Å². The summed E-state index contributed by atoms with van der Waals surface area (Å²) in [6.07, 6.45) is 0.305. The second-order valence-corrected chi connectivity index (χ2v) is 7.53. The van der Waals surface area contributed by atoms with Gasteiger partial charge >= 0.3 is 88.0 Å². The van der Waals surface area contributed by atoms with Crippen molar-refractivity contribution in [3.8, 4) is 5.75 Å². The Kier molecular flexibility index (Phi) is 3.34. The summed E-state index contributed by atoms with van der Waals surface area (Å²) in [6.45, 7) is 3.32. The molecule has 0 radical (unpaired) electrons. The summed E-state index contributed by atoms with van der Waals surface area (Å²) >= 11 is 0. The van der Waals surface area contributed by atoms with E-state index in [1.54, 1.807) is 13.8 Å². The van der Waals surface area contributed by atoms with Crippen LogP contribution in [0.15, 0.2) is 24.3 Å². The van der Waals surface area contributed by atoms with E-state index in [9.17, 15) is 14.2 Å². The van der Waals surface area contributed by atoms with Gasteiger partial charge in [0.05, 0.1) is 0 Å². The fourth-order valence-corrected chi connectivity index (χ4v) is 2.41. The Morgan fingerprint density at radius 1 is 1.13 bits per heavy atom. The summed E-state index contributed by atoms with van der Waals surface area (Å²) in [5, 5.41) is 0. The van der Waals surface area contributed by atoms with Gasteiger partial charge in [-0.1, -0.05) is 0 Å². The molecular formula is C10H16FO3P. The zero-order chi connectivity index (χ0) is 11.6. The summed E-state index contributed by atoms with van der Waals surface area (Å²) in [5.74, 6) is -0.102. The molecule has 0 heterocycles. The normalized spacial score (nSPS) is 14.3. The molecule has 1 rings (SSSR count). The van der Waals surface area contributed by atoms with Gasteiger partial charge in [0.2, 0.25) is 0 Å². The Labute approximate surface area is 88.7 Å². The quantitative estimate of drug-likeness (QED) is 0.787. The van der Waals surface area contributed by atoms with Gasteiger partial charge in [-0.15, -0.1) is 0 Å². The van der Waals surface area contributed by atoms with Gasteiger partial charge in [0.15, 0.2) is 0 Å². The third-order valence-electron chi connectivity index (χ3n) is 2.40. The van der Waals surface area contributed by atoms with Crippen LogP contribution in [-0.2, 0) is 0 Å². The minimum atomic E-state index is -4.05. The maximum absolute atomic E-state index is 12.6. The zero-order valence-electron chi connectivity index (χ0n) is 8.85. The molecule has 0 unspecified atom stereocenters. The van der Waals surface area contributed by atoms with E-state index in [0.29, 0.717) is 0 Å². The molecule has 5 heteroatoms. The Balaban J connectivity index is 2.89. The molecule has 0 aliphatic heterocycles. The van der Waals surface area contributed by atoms with Crippen molar-refractivity contribution in [2.45, 2.75) is 13.8 Å². The van der Waals surface area contributed by atoms with Gasteiger partial charge in [0.25, 0.3) is 0 Å². The number of hydrogen-bond acceptors (Lipinski definition) is 3. The molecule has 1 aromatic carbocycles. The number of rotatable bonds is 4. The van der Waals surface area contributed by atoms with Crippen LogP contribution < -0.4 is 4.52 Å². The van der Waals surface area contributed by atoms with Crippen LogP contribution in [0.2, 0.25) is 0 Å². The summed E-state index contributed by atoms with van der Waals surface area (Å²) in [5.41, 5.74) is 0. The molecule has 15 heavy (non-hydrogen) atoms. The van der Waals surface area contributed by atoms with Gasteiger partial charge in [-0.3, -0.25) is 0 Å². The Morgan fingerprint density at radius 3 is 2.00 bits per heavy atom. The maximum atomic E-state index is 12.6. The second kappa shape index (κ2) is 4.05. The van der Waals surface area contributed by atoms with Crippen molar-refractivity contribution in [1.29, 1.82) is 0 Å². The molecular weight excluding hydrogens is 218 g/mol. The van der Waals surface area contributed by atoms with Crippen LogP contribution in [0.3, 0.4) is 0 Å². The van der Waals surface area contributed by atoms with Crippen LogP contribution in [-0.4, -0.2) is 22.1 Å². The van der Waals surface area contributed by atoms with Crippen LogP contribution >= 0.6 is 7.28 Å². The van der Waals surface area contributed by atoms with Crippen molar-refractivity contribution in [2.75, 3.05) is 12.3 Å². The predicted octanol–water partition coefficient (Wildman–Crippen LogP) is 2.53. The fraction of sp³-hybridized carbons (Fsp3) is 0.400. The molecule has 0 bridgehead atoms. The van der Waals surface area contributed by atoms with Gasteiger partial charge in [-0.05, 0) is 0 Å². The van der Waals surface area contributed by atoms with E-state index in [2.05, 4.69) is 0 Å². The monoisotopic (exact) mass is 234 g/mol. The molecule has 0 spiro atoms. The molecule has 1 aromatic rings. The van der Waals surface area contributed by atoms with Crippen LogP contribution in [0, 0.1) is 5.82 Å². The molecule has 0 fully saturated rings. The van der Waals surface area contributed by atoms with E-state index in [0.717, 1.165) is 0 Å². The first-order valence-corrected chi connectivity index (χ1v) is 7.27. The minimum absolute atomic E-state index is 0.152. The van der Waals surface area contributed by atoms with E-state index in [1.807, 2.05) is 0 Å². The molecule has 2 N–H and O–H groups in total. The molecule has 0 saturated carbocycles. The van der Waals surface area contributed by atoms with Gasteiger partial charge < -0.3 is 0 Å². The van der Waals surface area contributed by atoms with Gasteiger partial charge in [-0.2, -0.15) is 0 Å². The van der Waals surface area contributed by atoms with Gasteiger partial charge in [-0.25, -0.2) is 0 Å². The first-order valence-electron chi connectivity index (χ1n) is 4.84. The van der Waals surface area contributed by atoms with Gasteiger partial charge in [0.1, 0.15) is 0 Å². The summed E-state index contributed by atoms with van der Waals surface area (Å²) < 4.78 is 17.8. The van der Waals surface area contributed by atoms with Crippen molar-refractivity contribution >= 4 is 7.28 Å². The van der Waals surface area contributed by atoms with E-state index in [-0.39, 0.29) is 23.9 Å². The van der Waals surface area contributed by atoms with Crippen LogP contribution in [0.25, 0.3) is 0 Å². The third-order valence-corrected chi connectivity index (χ3v) is 5.58. The topological polar surface area (TPSA) is 49.7 Å². The molecule has 0 aliphatic rings. The van der Waals surface area contributed by atoms with E-state index in [1.165, 1.54) is 24.3 Å².